The number of para-hydroxylation sites is 1. The maximum Gasteiger partial charge on any atom is 0.253 e. The van der Waals surface area contributed by atoms with Crippen molar-refractivity contribution in [3.05, 3.63) is 64.3 Å². The molecule has 0 unspecified atom stereocenters. The molecule has 0 aliphatic heterocycles. The van der Waals surface area contributed by atoms with Crippen LogP contribution in [0.15, 0.2) is 53.0 Å². The lowest BCUT2D eigenvalue weighted by molar-refractivity contribution is -0.116. The summed E-state index contributed by atoms with van der Waals surface area (Å²) in [4.78, 5) is 27.0. The molecule has 0 aliphatic carbocycles. The fraction of sp³-hybridized carbons (Fsp3) is 0.273. The number of halogens is 1. The molecule has 146 valence electrons. The highest BCUT2D eigenvalue weighted by atomic mass is 79.9. The summed E-state index contributed by atoms with van der Waals surface area (Å²) >= 11 is 3.62. The predicted molar refractivity (Wildman–Crippen MR) is 117 cm³/mol. The van der Waals surface area contributed by atoms with Gasteiger partial charge < -0.3 is 14.8 Å². The maximum absolute atomic E-state index is 12.7. The number of anilines is 1. The minimum atomic E-state index is -0.135. The van der Waals surface area contributed by atoms with E-state index in [0.29, 0.717) is 24.3 Å². The van der Waals surface area contributed by atoms with E-state index in [1.807, 2.05) is 49.6 Å². The smallest absolute Gasteiger partial charge is 0.253 e. The van der Waals surface area contributed by atoms with Crippen molar-refractivity contribution in [3.63, 3.8) is 0 Å². The summed E-state index contributed by atoms with van der Waals surface area (Å²) in [7, 11) is 0. The van der Waals surface area contributed by atoms with Crippen molar-refractivity contribution in [3.8, 4) is 0 Å². The Labute approximate surface area is 173 Å². The molecule has 0 bridgehead atoms. The first-order valence-electron chi connectivity index (χ1n) is 9.38. The summed E-state index contributed by atoms with van der Waals surface area (Å²) in [5.41, 5.74) is 3.21. The number of benzene rings is 2. The van der Waals surface area contributed by atoms with Gasteiger partial charge in [-0.3, -0.25) is 9.59 Å². The minimum Gasteiger partial charge on any atom is -0.339 e. The molecule has 0 saturated carbocycles. The van der Waals surface area contributed by atoms with Crippen LogP contribution in [0.5, 0.6) is 0 Å². The Morgan fingerprint density at radius 1 is 1.07 bits per heavy atom. The van der Waals surface area contributed by atoms with Crippen LogP contribution in [0.4, 0.5) is 5.69 Å². The van der Waals surface area contributed by atoms with Crippen LogP contribution < -0.4 is 5.32 Å². The van der Waals surface area contributed by atoms with Crippen LogP contribution >= 0.6 is 15.9 Å². The second kappa shape index (κ2) is 8.61. The average Bonchev–Trinajstić information content (AvgIpc) is 2.94. The molecule has 2 aromatic carbocycles. The van der Waals surface area contributed by atoms with E-state index >= 15 is 0 Å². The second-order valence-corrected chi connectivity index (χ2v) is 7.40. The number of nitrogens with one attached hydrogen (secondary N) is 1. The minimum absolute atomic E-state index is 0.0303. The second-order valence-electron chi connectivity index (χ2n) is 6.61. The van der Waals surface area contributed by atoms with Gasteiger partial charge in [0.1, 0.15) is 6.54 Å². The number of aromatic nitrogens is 1. The third kappa shape index (κ3) is 3.97. The highest BCUT2D eigenvalue weighted by molar-refractivity contribution is 9.10. The first-order valence-corrected chi connectivity index (χ1v) is 10.2. The number of hydrogen-bond donors (Lipinski definition) is 1. The van der Waals surface area contributed by atoms with Crippen LogP contribution in [0.25, 0.3) is 10.9 Å². The highest BCUT2D eigenvalue weighted by Crippen LogP contribution is 2.30. The van der Waals surface area contributed by atoms with E-state index in [1.165, 1.54) is 0 Å². The molecular formula is C22H24BrN3O2. The molecule has 0 fully saturated rings. The molecule has 28 heavy (non-hydrogen) atoms. The zero-order valence-electron chi connectivity index (χ0n) is 16.3. The van der Waals surface area contributed by atoms with Crippen LogP contribution in [0.1, 0.15) is 29.9 Å². The number of amides is 2. The molecule has 2 amide bonds. The van der Waals surface area contributed by atoms with Crippen molar-refractivity contribution in [2.45, 2.75) is 27.3 Å². The van der Waals surface area contributed by atoms with Crippen molar-refractivity contribution < 1.29 is 9.59 Å². The van der Waals surface area contributed by atoms with Crippen LogP contribution in [-0.2, 0) is 11.3 Å². The van der Waals surface area contributed by atoms with Crippen LogP contribution in [0, 0.1) is 6.92 Å². The van der Waals surface area contributed by atoms with E-state index < -0.39 is 0 Å². The van der Waals surface area contributed by atoms with E-state index in [1.54, 1.807) is 29.2 Å². The van der Waals surface area contributed by atoms with Crippen LogP contribution in [0.2, 0.25) is 0 Å². The molecule has 0 saturated heterocycles. The Hall–Kier alpha value is -2.60. The van der Waals surface area contributed by atoms with Gasteiger partial charge in [0, 0.05) is 45.4 Å². The summed E-state index contributed by atoms with van der Waals surface area (Å²) in [6, 6.07) is 15.1. The SMILES string of the molecule is CCN(CC)C(=O)c1cccc(NC(=O)Cn2c(C)c(Br)c3ccccc32)c1. The van der Waals surface area contributed by atoms with Crippen LogP contribution in [0.3, 0.4) is 0 Å². The number of hydrogen-bond acceptors (Lipinski definition) is 2. The highest BCUT2D eigenvalue weighted by Gasteiger charge is 2.16. The first-order chi connectivity index (χ1) is 13.5. The van der Waals surface area contributed by atoms with Gasteiger partial charge in [-0.05, 0) is 61.0 Å². The third-order valence-electron chi connectivity index (χ3n) is 4.90. The van der Waals surface area contributed by atoms with E-state index in [2.05, 4.69) is 21.2 Å². The molecule has 1 N–H and O–H groups in total. The van der Waals surface area contributed by atoms with Crippen molar-refractivity contribution in [1.82, 2.24) is 9.47 Å². The molecule has 6 heteroatoms. The topological polar surface area (TPSA) is 54.3 Å². The predicted octanol–water partition coefficient (Wildman–Crippen LogP) is 4.83. The molecule has 5 nitrogen and oxygen atoms in total. The Bertz CT molecular complexity index is 1020. The Morgan fingerprint density at radius 2 is 1.79 bits per heavy atom. The molecule has 3 rings (SSSR count). The molecule has 1 heterocycles. The van der Waals surface area contributed by atoms with Gasteiger partial charge in [-0.2, -0.15) is 0 Å². The molecule has 1 aromatic heterocycles. The van der Waals surface area contributed by atoms with Crippen molar-refractivity contribution >= 4 is 44.3 Å². The maximum atomic E-state index is 12.7. The fourth-order valence-corrected chi connectivity index (χ4v) is 3.91. The molecule has 0 spiro atoms. The summed E-state index contributed by atoms with van der Waals surface area (Å²) in [5, 5.41) is 4.00. The zero-order valence-corrected chi connectivity index (χ0v) is 17.9. The average molecular weight is 442 g/mol. The summed E-state index contributed by atoms with van der Waals surface area (Å²) < 4.78 is 2.99. The normalized spacial score (nSPS) is 10.9. The van der Waals surface area contributed by atoms with E-state index in [9.17, 15) is 9.59 Å². The van der Waals surface area contributed by atoms with E-state index in [4.69, 9.17) is 0 Å². The van der Waals surface area contributed by atoms with Gasteiger partial charge in [0.2, 0.25) is 5.91 Å². The molecule has 0 atom stereocenters. The lowest BCUT2D eigenvalue weighted by atomic mass is 10.1. The lowest BCUT2D eigenvalue weighted by Gasteiger charge is -2.19. The molecule has 0 radical (unpaired) electrons. The Morgan fingerprint density at radius 3 is 2.50 bits per heavy atom. The summed E-state index contributed by atoms with van der Waals surface area (Å²) in [5.74, 6) is -0.166. The van der Waals surface area contributed by atoms with Gasteiger partial charge in [-0.15, -0.1) is 0 Å². The van der Waals surface area contributed by atoms with Gasteiger partial charge in [0.05, 0.1) is 0 Å². The van der Waals surface area contributed by atoms with Crippen LogP contribution in [-0.4, -0.2) is 34.4 Å². The molecule has 0 aliphatic rings. The van der Waals surface area contributed by atoms with Gasteiger partial charge in [0.25, 0.3) is 5.91 Å². The number of carbonyl (C=O) groups excluding carboxylic acids is 2. The summed E-state index contributed by atoms with van der Waals surface area (Å²) in [6.45, 7) is 7.40. The van der Waals surface area contributed by atoms with E-state index in [-0.39, 0.29) is 18.4 Å². The van der Waals surface area contributed by atoms with Gasteiger partial charge in [-0.1, -0.05) is 24.3 Å². The van der Waals surface area contributed by atoms with Gasteiger partial charge >= 0.3 is 0 Å². The van der Waals surface area contributed by atoms with Crippen molar-refractivity contribution in [1.29, 1.82) is 0 Å². The number of rotatable bonds is 6. The largest absolute Gasteiger partial charge is 0.339 e. The molecular weight excluding hydrogens is 418 g/mol. The summed E-state index contributed by atoms with van der Waals surface area (Å²) in [6.07, 6.45) is 0. The fourth-order valence-electron chi connectivity index (χ4n) is 3.36. The third-order valence-corrected chi connectivity index (χ3v) is 5.90. The number of nitrogens with zero attached hydrogens (tertiary/aromatic N) is 2. The van der Waals surface area contributed by atoms with Crippen molar-refractivity contribution in [2.24, 2.45) is 0 Å². The first kappa shape index (κ1) is 20.1. The van der Waals surface area contributed by atoms with Crippen molar-refractivity contribution in [2.75, 3.05) is 18.4 Å². The standard InChI is InChI=1S/C22H24BrN3O2/c1-4-25(5-2)22(28)16-9-8-10-17(13-16)24-20(27)14-26-15(3)21(23)18-11-6-7-12-19(18)26/h6-13H,4-5,14H2,1-3H3,(H,24,27). The Kier molecular flexibility index (Phi) is 6.19. The molecule has 3 aromatic rings. The lowest BCUT2D eigenvalue weighted by Crippen LogP contribution is -2.30. The Balaban J connectivity index is 1.79. The number of carbonyl (C=O) groups is 2. The van der Waals surface area contributed by atoms with E-state index in [0.717, 1.165) is 21.1 Å². The quantitative estimate of drug-likeness (QED) is 0.595. The van der Waals surface area contributed by atoms with Gasteiger partial charge in [-0.25, -0.2) is 0 Å². The monoisotopic (exact) mass is 441 g/mol. The number of fused-ring (bicyclic) bond motifs is 1. The zero-order chi connectivity index (χ0) is 20.3. The van der Waals surface area contributed by atoms with Gasteiger partial charge in [0.15, 0.2) is 0 Å².